The minimum absolute atomic E-state index is 0.0690. The Labute approximate surface area is 153 Å². The van der Waals surface area contributed by atoms with E-state index in [1.54, 1.807) is 11.3 Å². The SMILES string of the molecule is CCNC(=NCC(=O)NCCc1ccccc1)NCc1sccc1C. The third-order valence-electron chi connectivity index (χ3n) is 3.69. The van der Waals surface area contributed by atoms with Gasteiger partial charge in [-0.15, -0.1) is 11.3 Å². The van der Waals surface area contributed by atoms with Crippen molar-refractivity contribution in [3.63, 3.8) is 0 Å². The van der Waals surface area contributed by atoms with Gasteiger partial charge in [0.1, 0.15) is 6.54 Å². The lowest BCUT2D eigenvalue weighted by Gasteiger charge is -2.11. The summed E-state index contributed by atoms with van der Waals surface area (Å²) in [6, 6.07) is 12.2. The van der Waals surface area contributed by atoms with Crippen LogP contribution in [0, 0.1) is 6.92 Å². The van der Waals surface area contributed by atoms with Crippen LogP contribution < -0.4 is 16.0 Å². The summed E-state index contributed by atoms with van der Waals surface area (Å²) in [5.74, 6) is 0.592. The van der Waals surface area contributed by atoms with Crippen LogP contribution in [-0.4, -0.2) is 31.5 Å². The molecule has 0 aliphatic heterocycles. The van der Waals surface area contributed by atoms with E-state index in [0.29, 0.717) is 19.0 Å². The largest absolute Gasteiger partial charge is 0.357 e. The molecule has 0 unspecified atom stereocenters. The molecule has 0 aliphatic rings. The first-order chi connectivity index (χ1) is 12.2. The lowest BCUT2D eigenvalue weighted by molar-refractivity contribution is -0.119. The maximum Gasteiger partial charge on any atom is 0.241 e. The predicted octanol–water partition coefficient (Wildman–Crippen LogP) is 2.47. The number of amides is 1. The van der Waals surface area contributed by atoms with Gasteiger partial charge in [0, 0.05) is 18.0 Å². The Hall–Kier alpha value is -2.34. The molecule has 5 nitrogen and oxygen atoms in total. The van der Waals surface area contributed by atoms with Gasteiger partial charge in [-0.25, -0.2) is 4.99 Å². The zero-order valence-corrected chi connectivity index (χ0v) is 15.7. The van der Waals surface area contributed by atoms with Crippen molar-refractivity contribution in [2.75, 3.05) is 19.6 Å². The Morgan fingerprint density at radius 3 is 2.60 bits per heavy atom. The van der Waals surface area contributed by atoms with Gasteiger partial charge in [0.2, 0.25) is 5.91 Å². The molecule has 3 N–H and O–H groups in total. The van der Waals surface area contributed by atoms with Crippen molar-refractivity contribution in [1.29, 1.82) is 0 Å². The molecular formula is C19H26N4OS. The molecule has 0 bridgehead atoms. The van der Waals surface area contributed by atoms with Crippen LogP contribution in [0.4, 0.5) is 0 Å². The van der Waals surface area contributed by atoms with Gasteiger partial charge in [-0.1, -0.05) is 30.3 Å². The number of carbonyl (C=O) groups is 1. The highest BCUT2D eigenvalue weighted by Gasteiger charge is 2.04. The van der Waals surface area contributed by atoms with Crippen LogP contribution in [0.1, 0.15) is 22.9 Å². The van der Waals surface area contributed by atoms with Crippen molar-refractivity contribution in [2.24, 2.45) is 4.99 Å². The minimum Gasteiger partial charge on any atom is -0.357 e. The Morgan fingerprint density at radius 1 is 1.12 bits per heavy atom. The molecule has 0 saturated heterocycles. The van der Waals surface area contributed by atoms with Crippen LogP contribution in [0.25, 0.3) is 0 Å². The van der Waals surface area contributed by atoms with E-state index >= 15 is 0 Å². The van der Waals surface area contributed by atoms with Gasteiger partial charge in [0.15, 0.2) is 5.96 Å². The van der Waals surface area contributed by atoms with Crippen molar-refractivity contribution >= 4 is 23.2 Å². The van der Waals surface area contributed by atoms with Crippen molar-refractivity contribution < 1.29 is 4.79 Å². The standard InChI is InChI=1S/C19H26N4OS/c1-3-20-19(22-13-17-15(2)10-12-25-17)23-14-18(24)21-11-9-16-7-5-4-6-8-16/h4-8,10,12H,3,9,11,13-14H2,1-2H3,(H,21,24)(H2,20,22,23). The highest BCUT2D eigenvalue weighted by Crippen LogP contribution is 2.14. The van der Waals surface area contributed by atoms with E-state index < -0.39 is 0 Å². The number of guanidine groups is 1. The lowest BCUT2D eigenvalue weighted by Crippen LogP contribution is -2.38. The van der Waals surface area contributed by atoms with Gasteiger partial charge in [-0.3, -0.25) is 4.79 Å². The second kappa shape index (κ2) is 10.5. The third-order valence-corrected chi connectivity index (χ3v) is 4.71. The van der Waals surface area contributed by atoms with Crippen LogP contribution in [0.2, 0.25) is 0 Å². The molecule has 1 amide bonds. The third kappa shape index (κ3) is 6.97. The fraction of sp³-hybridized carbons (Fsp3) is 0.368. The first-order valence-corrected chi connectivity index (χ1v) is 9.42. The molecule has 0 radical (unpaired) electrons. The Balaban J connectivity index is 1.75. The monoisotopic (exact) mass is 358 g/mol. The zero-order chi connectivity index (χ0) is 17.9. The number of aliphatic imine (C=N–C) groups is 1. The van der Waals surface area contributed by atoms with Crippen molar-refractivity contribution in [1.82, 2.24) is 16.0 Å². The first-order valence-electron chi connectivity index (χ1n) is 8.54. The van der Waals surface area contributed by atoms with Gasteiger partial charge in [0.05, 0.1) is 6.54 Å². The van der Waals surface area contributed by atoms with E-state index in [9.17, 15) is 4.79 Å². The predicted molar refractivity (Wildman–Crippen MR) is 105 cm³/mol. The van der Waals surface area contributed by atoms with Crippen molar-refractivity contribution in [2.45, 2.75) is 26.8 Å². The molecule has 0 aliphatic carbocycles. The Bertz CT molecular complexity index is 682. The highest BCUT2D eigenvalue weighted by molar-refractivity contribution is 7.10. The molecule has 6 heteroatoms. The van der Waals surface area contributed by atoms with E-state index in [-0.39, 0.29) is 12.5 Å². The van der Waals surface area contributed by atoms with Crippen LogP contribution in [0.5, 0.6) is 0 Å². The van der Waals surface area contributed by atoms with E-state index in [4.69, 9.17) is 0 Å². The number of thiophene rings is 1. The number of nitrogens with zero attached hydrogens (tertiary/aromatic N) is 1. The molecule has 0 saturated carbocycles. The number of carbonyl (C=O) groups excluding carboxylic acids is 1. The van der Waals surface area contributed by atoms with Gasteiger partial charge < -0.3 is 16.0 Å². The average Bonchev–Trinajstić information content (AvgIpc) is 3.03. The first kappa shape index (κ1) is 19.0. The van der Waals surface area contributed by atoms with Crippen molar-refractivity contribution in [3.8, 4) is 0 Å². The molecule has 25 heavy (non-hydrogen) atoms. The van der Waals surface area contributed by atoms with Gasteiger partial charge in [0.25, 0.3) is 0 Å². The van der Waals surface area contributed by atoms with Crippen LogP contribution in [-0.2, 0) is 17.8 Å². The fourth-order valence-electron chi connectivity index (χ4n) is 2.29. The quantitative estimate of drug-likeness (QED) is 0.502. The summed E-state index contributed by atoms with van der Waals surface area (Å²) in [6.45, 7) is 6.31. The maximum atomic E-state index is 12.0. The highest BCUT2D eigenvalue weighted by atomic mass is 32.1. The van der Waals surface area contributed by atoms with Crippen LogP contribution >= 0.6 is 11.3 Å². The summed E-state index contributed by atoms with van der Waals surface area (Å²) in [4.78, 5) is 17.6. The summed E-state index contributed by atoms with van der Waals surface area (Å²) >= 11 is 1.72. The molecule has 1 aromatic heterocycles. The second-order valence-corrected chi connectivity index (χ2v) is 6.66. The van der Waals surface area contributed by atoms with E-state index in [1.807, 2.05) is 25.1 Å². The topological polar surface area (TPSA) is 65.5 Å². The summed E-state index contributed by atoms with van der Waals surface area (Å²) in [5, 5.41) is 11.4. The molecule has 2 aromatic rings. The molecule has 0 atom stereocenters. The number of nitrogens with one attached hydrogen (secondary N) is 3. The van der Waals surface area contributed by atoms with Crippen LogP contribution in [0.15, 0.2) is 46.8 Å². The normalized spacial score (nSPS) is 11.2. The Morgan fingerprint density at radius 2 is 1.92 bits per heavy atom. The molecule has 0 fully saturated rings. The molecule has 2 rings (SSSR count). The molecule has 1 aromatic carbocycles. The smallest absolute Gasteiger partial charge is 0.241 e. The van der Waals surface area contributed by atoms with E-state index in [0.717, 1.165) is 13.0 Å². The van der Waals surface area contributed by atoms with Gasteiger partial charge in [-0.05, 0) is 42.8 Å². The number of hydrogen-bond acceptors (Lipinski definition) is 3. The lowest BCUT2D eigenvalue weighted by atomic mass is 10.1. The average molecular weight is 359 g/mol. The van der Waals surface area contributed by atoms with Gasteiger partial charge >= 0.3 is 0 Å². The molecule has 134 valence electrons. The number of benzene rings is 1. The summed E-state index contributed by atoms with van der Waals surface area (Å²) < 4.78 is 0. The summed E-state index contributed by atoms with van der Waals surface area (Å²) in [7, 11) is 0. The second-order valence-electron chi connectivity index (χ2n) is 5.66. The van der Waals surface area contributed by atoms with E-state index in [2.05, 4.69) is 51.4 Å². The Kier molecular flexibility index (Phi) is 7.98. The molecule has 1 heterocycles. The summed E-state index contributed by atoms with van der Waals surface area (Å²) in [5.41, 5.74) is 2.49. The maximum absolute atomic E-state index is 12.0. The number of aryl methyl sites for hydroxylation is 1. The minimum atomic E-state index is -0.0690. The van der Waals surface area contributed by atoms with Gasteiger partial charge in [-0.2, -0.15) is 0 Å². The number of hydrogen-bond donors (Lipinski definition) is 3. The fourth-order valence-corrected chi connectivity index (χ4v) is 3.13. The zero-order valence-electron chi connectivity index (χ0n) is 14.8. The summed E-state index contributed by atoms with van der Waals surface area (Å²) in [6.07, 6.45) is 0.826. The van der Waals surface area contributed by atoms with Crippen LogP contribution in [0.3, 0.4) is 0 Å². The molecule has 0 spiro atoms. The number of rotatable bonds is 8. The van der Waals surface area contributed by atoms with E-state index in [1.165, 1.54) is 16.0 Å². The van der Waals surface area contributed by atoms with Crippen molar-refractivity contribution in [3.05, 3.63) is 57.8 Å². The molecular weight excluding hydrogens is 332 g/mol.